The van der Waals surface area contributed by atoms with Gasteiger partial charge in [0.05, 0.1) is 17.2 Å². The van der Waals surface area contributed by atoms with Crippen molar-refractivity contribution in [3.8, 4) is 11.5 Å². The number of aryl methyl sites for hydroxylation is 1. The first kappa shape index (κ1) is 15.7. The van der Waals surface area contributed by atoms with Crippen LogP contribution in [0.4, 0.5) is 13.2 Å². The molecule has 0 amide bonds. The van der Waals surface area contributed by atoms with E-state index in [9.17, 15) is 13.2 Å². The summed E-state index contributed by atoms with van der Waals surface area (Å²) in [4.78, 5) is 0. The number of rotatable bonds is 3. The molecule has 0 aliphatic rings. The maximum Gasteiger partial charge on any atom is 0.416 e. The van der Waals surface area contributed by atoms with Crippen LogP contribution < -0.4 is 4.74 Å². The molecule has 0 radical (unpaired) electrons. The van der Waals surface area contributed by atoms with Crippen molar-refractivity contribution in [3.63, 3.8) is 0 Å². The molecule has 2 rings (SSSR count). The topological polar surface area (TPSA) is 29.5 Å². The Morgan fingerprint density at radius 3 is 2.48 bits per heavy atom. The van der Waals surface area contributed by atoms with Gasteiger partial charge in [-0.1, -0.05) is 23.7 Å². The number of ether oxygens (including phenoxy) is 1. The number of hydrogen-bond donors (Lipinski definition) is 1. The molecule has 2 aromatic carbocycles. The van der Waals surface area contributed by atoms with Crippen molar-refractivity contribution < 1.29 is 23.0 Å². The lowest BCUT2D eigenvalue weighted by Gasteiger charge is -2.14. The Hall–Kier alpha value is -1.72. The van der Waals surface area contributed by atoms with Gasteiger partial charge in [-0.05, 0) is 42.3 Å². The van der Waals surface area contributed by atoms with Crippen molar-refractivity contribution in [3.05, 3.63) is 58.1 Å². The number of alkyl halides is 3. The molecular weight excluding hydrogens is 305 g/mol. The highest BCUT2D eigenvalue weighted by Gasteiger charge is 2.33. The Balaban J connectivity index is 2.39. The molecule has 0 fully saturated rings. The highest BCUT2D eigenvalue weighted by Crippen LogP contribution is 2.37. The van der Waals surface area contributed by atoms with E-state index in [-0.39, 0.29) is 17.1 Å². The molecule has 0 bridgehead atoms. The van der Waals surface area contributed by atoms with Crippen molar-refractivity contribution in [1.29, 1.82) is 0 Å². The fourth-order valence-electron chi connectivity index (χ4n) is 1.84. The minimum absolute atomic E-state index is 0.00650. The Morgan fingerprint density at radius 1 is 1.14 bits per heavy atom. The summed E-state index contributed by atoms with van der Waals surface area (Å²) in [5, 5.41) is 9.29. The zero-order valence-corrected chi connectivity index (χ0v) is 11.8. The Bertz CT molecular complexity index is 654. The molecule has 0 heterocycles. The lowest BCUT2D eigenvalue weighted by atomic mass is 10.1. The predicted molar refractivity (Wildman–Crippen MR) is 73.6 cm³/mol. The minimum Gasteiger partial charge on any atom is -0.456 e. The summed E-state index contributed by atoms with van der Waals surface area (Å²) < 4.78 is 44.1. The summed E-state index contributed by atoms with van der Waals surface area (Å²) in [7, 11) is 0. The van der Waals surface area contributed by atoms with Crippen molar-refractivity contribution in [2.45, 2.75) is 19.7 Å². The normalized spacial score (nSPS) is 11.5. The quantitative estimate of drug-likeness (QED) is 0.868. The van der Waals surface area contributed by atoms with Gasteiger partial charge >= 0.3 is 6.18 Å². The fourth-order valence-corrected chi connectivity index (χ4v) is 1.99. The Kier molecular flexibility index (Phi) is 4.44. The van der Waals surface area contributed by atoms with Crippen LogP contribution >= 0.6 is 11.6 Å². The van der Waals surface area contributed by atoms with Gasteiger partial charge in [0.15, 0.2) is 0 Å². The van der Waals surface area contributed by atoms with Gasteiger partial charge in [-0.3, -0.25) is 0 Å². The van der Waals surface area contributed by atoms with Crippen molar-refractivity contribution in [2.75, 3.05) is 0 Å². The third kappa shape index (κ3) is 3.68. The maximum absolute atomic E-state index is 12.9. The average Bonchev–Trinajstić information content (AvgIpc) is 2.42. The van der Waals surface area contributed by atoms with Crippen LogP contribution in [0.1, 0.15) is 16.7 Å². The highest BCUT2D eigenvalue weighted by atomic mass is 35.5. The van der Waals surface area contributed by atoms with Gasteiger partial charge in [0.2, 0.25) is 0 Å². The van der Waals surface area contributed by atoms with E-state index in [1.165, 1.54) is 12.1 Å². The molecule has 6 heteroatoms. The summed E-state index contributed by atoms with van der Waals surface area (Å²) in [6.45, 7) is 1.12. The largest absolute Gasteiger partial charge is 0.456 e. The van der Waals surface area contributed by atoms with Gasteiger partial charge in [0.25, 0.3) is 0 Å². The molecule has 0 saturated heterocycles. The zero-order chi connectivity index (χ0) is 15.6. The second-order valence-electron chi connectivity index (χ2n) is 4.51. The highest BCUT2D eigenvalue weighted by molar-refractivity contribution is 6.32. The number of benzene rings is 2. The summed E-state index contributed by atoms with van der Waals surface area (Å²) in [5.74, 6) is 0.286. The summed E-state index contributed by atoms with van der Waals surface area (Å²) in [5.41, 5.74) is -0.256. The number of halogens is 4. The Morgan fingerprint density at radius 2 is 1.86 bits per heavy atom. The monoisotopic (exact) mass is 316 g/mol. The number of hydrogen-bond acceptors (Lipinski definition) is 2. The molecule has 1 N–H and O–H groups in total. The minimum atomic E-state index is -4.56. The van der Waals surface area contributed by atoms with E-state index in [0.29, 0.717) is 5.02 Å². The van der Waals surface area contributed by atoms with Crippen molar-refractivity contribution in [2.24, 2.45) is 0 Å². The molecule has 21 heavy (non-hydrogen) atoms. The van der Waals surface area contributed by atoms with Gasteiger partial charge in [-0.2, -0.15) is 13.2 Å². The molecule has 0 atom stereocenters. The second kappa shape index (κ2) is 5.95. The van der Waals surface area contributed by atoms with E-state index in [1.807, 2.05) is 6.92 Å². The van der Waals surface area contributed by atoms with Gasteiger partial charge in [-0.15, -0.1) is 0 Å². The molecular formula is C15H12ClF3O2. The number of aliphatic hydroxyl groups excluding tert-OH is 1. The molecule has 0 unspecified atom stereocenters. The molecule has 0 aliphatic carbocycles. The van der Waals surface area contributed by atoms with E-state index >= 15 is 0 Å². The molecule has 0 spiro atoms. The standard InChI is InChI=1S/C15H12ClF3O2/c1-9-2-5-13(16)14(6-9)21-11-4-3-10(8-20)12(7-11)15(17,18)19/h2-7,20H,8H2,1H3. The van der Waals surface area contributed by atoms with E-state index in [0.717, 1.165) is 11.6 Å². The van der Waals surface area contributed by atoms with E-state index in [2.05, 4.69) is 0 Å². The van der Waals surface area contributed by atoms with Gasteiger partial charge in [0.1, 0.15) is 11.5 Å². The summed E-state index contributed by atoms with van der Waals surface area (Å²) in [6.07, 6.45) is -4.56. The van der Waals surface area contributed by atoms with E-state index < -0.39 is 18.3 Å². The van der Waals surface area contributed by atoms with Crippen LogP contribution in [0.25, 0.3) is 0 Å². The summed E-state index contributed by atoms with van der Waals surface area (Å²) >= 11 is 5.95. The van der Waals surface area contributed by atoms with Gasteiger partial charge in [-0.25, -0.2) is 0 Å². The predicted octanol–water partition coefficient (Wildman–Crippen LogP) is 4.95. The van der Waals surface area contributed by atoms with Crippen LogP contribution in [0.3, 0.4) is 0 Å². The molecule has 0 saturated carbocycles. The average molecular weight is 317 g/mol. The van der Waals surface area contributed by atoms with Gasteiger partial charge in [0, 0.05) is 0 Å². The van der Waals surface area contributed by atoms with Crippen LogP contribution in [0, 0.1) is 6.92 Å². The van der Waals surface area contributed by atoms with Crippen LogP contribution in [0.5, 0.6) is 11.5 Å². The van der Waals surface area contributed by atoms with E-state index in [1.54, 1.807) is 18.2 Å². The molecule has 0 aromatic heterocycles. The SMILES string of the molecule is Cc1ccc(Cl)c(Oc2ccc(CO)c(C(F)(F)F)c2)c1. The molecule has 2 aromatic rings. The van der Waals surface area contributed by atoms with Crippen LogP contribution in [0.15, 0.2) is 36.4 Å². The third-order valence-corrected chi connectivity index (χ3v) is 3.18. The third-order valence-electron chi connectivity index (χ3n) is 2.87. The van der Waals surface area contributed by atoms with Crippen molar-refractivity contribution >= 4 is 11.6 Å². The van der Waals surface area contributed by atoms with Crippen molar-refractivity contribution in [1.82, 2.24) is 0 Å². The molecule has 0 aliphatic heterocycles. The first-order valence-electron chi connectivity index (χ1n) is 6.06. The fraction of sp³-hybridized carbons (Fsp3) is 0.200. The van der Waals surface area contributed by atoms with Gasteiger partial charge < -0.3 is 9.84 Å². The lowest BCUT2D eigenvalue weighted by molar-refractivity contribution is -0.138. The Labute approximate surface area is 124 Å². The first-order valence-corrected chi connectivity index (χ1v) is 6.44. The lowest BCUT2D eigenvalue weighted by Crippen LogP contribution is -2.09. The molecule has 112 valence electrons. The van der Waals surface area contributed by atoms with E-state index in [4.69, 9.17) is 21.4 Å². The zero-order valence-electron chi connectivity index (χ0n) is 11.0. The smallest absolute Gasteiger partial charge is 0.416 e. The van der Waals surface area contributed by atoms with Crippen LogP contribution in [-0.4, -0.2) is 5.11 Å². The second-order valence-corrected chi connectivity index (χ2v) is 4.92. The number of aliphatic hydroxyl groups is 1. The maximum atomic E-state index is 12.9. The summed E-state index contributed by atoms with van der Waals surface area (Å²) in [6, 6.07) is 8.41. The van der Waals surface area contributed by atoms with Crippen LogP contribution in [0.2, 0.25) is 5.02 Å². The molecule has 2 nitrogen and oxygen atoms in total. The first-order chi connectivity index (χ1) is 9.81. The van der Waals surface area contributed by atoms with Crippen LogP contribution in [-0.2, 0) is 12.8 Å².